The second kappa shape index (κ2) is 7.88. The standard InChI is InChI=1S/C14H15BrN2O2S/c1-3-18-12-7-9(5-10(8-16)14(17)20)6-11(15)13(12)19-4-2/h5-7H,3-4H2,1-2H3,(H2,17,20)/b10-5+. The Balaban J connectivity index is 3.31. The number of rotatable bonds is 6. The van der Waals surface area contributed by atoms with E-state index in [1.165, 1.54) is 0 Å². The Kier molecular flexibility index (Phi) is 6.49. The minimum Gasteiger partial charge on any atom is -0.490 e. The first kappa shape index (κ1) is 16.5. The fourth-order valence-corrected chi connectivity index (χ4v) is 2.22. The second-order valence-corrected chi connectivity index (χ2v) is 5.02. The molecule has 2 N–H and O–H groups in total. The highest BCUT2D eigenvalue weighted by Gasteiger charge is 2.12. The second-order valence-electron chi connectivity index (χ2n) is 3.73. The minimum atomic E-state index is 0.0652. The topological polar surface area (TPSA) is 68.3 Å². The molecule has 1 aromatic rings. The number of thiocarbonyl (C=S) groups is 1. The van der Waals surface area contributed by atoms with Crippen molar-refractivity contribution in [3.63, 3.8) is 0 Å². The summed E-state index contributed by atoms with van der Waals surface area (Å²) in [5.74, 6) is 1.25. The van der Waals surface area contributed by atoms with Crippen LogP contribution in [0.3, 0.4) is 0 Å². The molecule has 0 aliphatic carbocycles. The van der Waals surface area contributed by atoms with E-state index in [1.54, 1.807) is 12.1 Å². The minimum absolute atomic E-state index is 0.0652. The van der Waals surface area contributed by atoms with Crippen molar-refractivity contribution in [1.82, 2.24) is 0 Å². The number of ether oxygens (including phenoxy) is 2. The van der Waals surface area contributed by atoms with E-state index in [4.69, 9.17) is 32.7 Å². The average Bonchev–Trinajstić information content (AvgIpc) is 2.40. The number of benzene rings is 1. The molecule has 1 aromatic carbocycles. The Morgan fingerprint density at radius 2 is 2.05 bits per heavy atom. The number of halogens is 1. The van der Waals surface area contributed by atoms with Gasteiger partial charge in [0, 0.05) is 0 Å². The van der Waals surface area contributed by atoms with Crippen LogP contribution in [0.5, 0.6) is 11.5 Å². The van der Waals surface area contributed by atoms with E-state index in [1.807, 2.05) is 26.0 Å². The summed E-state index contributed by atoms with van der Waals surface area (Å²) in [6, 6.07) is 5.58. The molecule has 0 aliphatic rings. The fraction of sp³-hybridized carbons (Fsp3) is 0.286. The summed E-state index contributed by atoms with van der Waals surface area (Å²) >= 11 is 8.26. The van der Waals surface area contributed by atoms with E-state index in [2.05, 4.69) is 15.9 Å². The van der Waals surface area contributed by atoms with Gasteiger partial charge in [-0.1, -0.05) is 12.2 Å². The number of hydrogen-bond acceptors (Lipinski definition) is 4. The Hall–Kier alpha value is -1.58. The highest BCUT2D eigenvalue weighted by atomic mass is 79.9. The third-order valence-electron chi connectivity index (χ3n) is 2.32. The van der Waals surface area contributed by atoms with Gasteiger partial charge >= 0.3 is 0 Å². The Bertz CT molecular complexity index is 579. The first-order valence-electron chi connectivity index (χ1n) is 6.04. The zero-order chi connectivity index (χ0) is 15.1. The summed E-state index contributed by atoms with van der Waals surface area (Å²) in [6.07, 6.45) is 1.62. The van der Waals surface area contributed by atoms with Gasteiger partial charge in [-0.05, 0) is 53.5 Å². The molecule has 0 saturated heterocycles. The maximum Gasteiger partial charge on any atom is 0.175 e. The molecule has 1 rings (SSSR count). The molecule has 0 atom stereocenters. The van der Waals surface area contributed by atoms with Gasteiger partial charge in [-0.15, -0.1) is 0 Å². The Labute approximate surface area is 132 Å². The van der Waals surface area contributed by atoms with E-state index in [0.717, 1.165) is 10.0 Å². The van der Waals surface area contributed by atoms with E-state index in [9.17, 15) is 0 Å². The highest BCUT2D eigenvalue weighted by molar-refractivity contribution is 9.10. The lowest BCUT2D eigenvalue weighted by Gasteiger charge is -2.13. The van der Waals surface area contributed by atoms with Gasteiger partial charge in [-0.25, -0.2) is 0 Å². The molecule has 0 amide bonds. The summed E-state index contributed by atoms with van der Waals surface area (Å²) in [7, 11) is 0. The molecule has 0 bridgehead atoms. The van der Waals surface area contributed by atoms with Crippen molar-refractivity contribution >= 4 is 39.2 Å². The average molecular weight is 355 g/mol. The van der Waals surface area contributed by atoms with Crippen molar-refractivity contribution in [3.8, 4) is 17.6 Å². The molecule has 4 nitrogen and oxygen atoms in total. The summed E-state index contributed by atoms with van der Waals surface area (Å²) in [4.78, 5) is 0.0652. The molecule has 0 aliphatic heterocycles. The van der Waals surface area contributed by atoms with Crippen molar-refractivity contribution in [1.29, 1.82) is 5.26 Å². The molecule has 0 aromatic heterocycles. The van der Waals surface area contributed by atoms with Crippen LogP contribution < -0.4 is 15.2 Å². The number of nitriles is 1. The zero-order valence-corrected chi connectivity index (χ0v) is 13.7. The van der Waals surface area contributed by atoms with Crippen molar-refractivity contribution in [2.45, 2.75) is 13.8 Å². The van der Waals surface area contributed by atoms with E-state index in [0.29, 0.717) is 24.7 Å². The fourth-order valence-electron chi connectivity index (χ4n) is 1.54. The molecule has 0 heterocycles. The quantitative estimate of drug-likeness (QED) is 0.481. The molecule has 106 valence electrons. The Morgan fingerprint density at radius 1 is 1.40 bits per heavy atom. The normalized spacial score (nSPS) is 10.8. The SMILES string of the molecule is CCOc1cc(/C=C(\C#N)C(N)=S)cc(Br)c1OCC. The molecule has 0 fully saturated rings. The zero-order valence-electron chi connectivity index (χ0n) is 11.3. The molecule has 0 saturated carbocycles. The van der Waals surface area contributed by atoms with Gasteiger partial charge in [0.2, 0.25) is 0 Å². The van der Waals surface area contributed by atoms with Crippen LogP contribution in [0.25, 0.3) is 6.08 Å². The van der Waals surface area contributed by atoms with Crippen molar-refractivity contribution in [2.75, 3.05) is 13.2 Å². The van der Waals surface area contributed by atoms with Crippen LogP contribution in [-0.2, 0) is 0 Å². The van der Waals surface area contributed by atoms with Gasteiger partial charge in [0.25, 0.3) is 0 Å². The molecule has 0 radical (unpaired) electrons. The third-order valence-corrected chi connectivity index (χ3v) is 3.13. The lowest BCUT2D eigenvalue weighted by Crippen LogP contribution is -2.09. The molecular weight excluding hydrogens is 340 g/mol. The Morgan fingerprint density at radius 3 is 2.55 bits per heavy atom. The van der Waals surface area contributed by atoms with Crippen LogP contribution in [0, 0.1) is 11.3 Å². The van der Waals surface area contributed by atoms with Gasteiger partial charge in [0.1, 0.15) is 11.1 Å². The molecule has 20 heavy (non-hydrogen) atoms. The number of nitrogens with two attached hydrogens (primary N) is 1. The third kappa shape index (κ3) is 4.22. The molecule has 0 unspecified atom stereocenters. The summed E-state index contributed by atoms with van der Waals surface area (Å²) in [5, 5.41) is 8.99. The van der Waals surface area contributed by atoms with Crippen LogP contribution in [0.2, 0.25) is 0 Å². The predicted octanol–water partition coefficient (Wildman–Crippen LogP) is 3.44. The first-order valence-corrected chi connectivity index (χ1v) is 7.24. The smallest absolute Gasteiger partial charge is 0.175 e. The van der Waals surface area contributed by atoms with E-state index < -0.39 is 0 Å². The van der Waals surface area contributed by atoms with E-state index >= 15 is 0 Å². The van der Waals surface area contributed by atoms with Crippen LogP contribution in [0.15, 0.2) is 22.2 Å². The number of nitrogens with zero attached hydrogens (tertiary/aromatic N) is 1. The van der Waals surface area contributed by atoms with Crippen molar-refractivity contribution in [3.05, 3.63) is 27.7 Å². The first-order chi connectivity index (χ1) is 9.53. The maximum absolute atomic E-state index is 8.99. The van der Waals surface area contributed by atoms with Crippen molar-refractivity contribution in [2.24, 2.45) is 5.73 Å². The predicted molar refractivity (Wildman–Crippen MR) is 86.9 cm³/mol. The van der Waals surface area contributed by atoms with Gasteiger partial charge in [0.15, 0.2) is 11.5 Å². The highest BCUT2D eigenvalue weighted by Crippen LogP contribution is 2.37. The lowest BCUT2D eigenvalue weighted by atomic mass is 10.1. The van der Waals surface area contributed by atoms with Crippen LogP contribution in [0.4, 0.5) is 0 Å². The number of hydrogen-bond donors (Lipinski definition) is 1. The molecule has 0 spiro atoms. The van der Waals surface area contributed by atoms with Crippen molar-refractivity contribution < 1.29 is 9.47 Å². The monoisotopic (exact) mass is 354 g/mol. The largest absolute Gasteiger partial charge is 0.490 e. The van der Waals surface area contributed by atoms with Crippen LogP contribution in [-0.4, -0.2) is 18.2 Å². The van der Waals surface area contributed by atoms with Gasteiger partial charge < -0.3 is 15.2 Å². The maximum atomic E-state index is 8.99. The summed E-state index contributed by atoms with van der Waals surface area (Å²) < 4.78 is 11.8. The van der Waals surface area contributed by atoms with Crippen LogP contribution in [0.1, 0.15) is 19.4 Å². The molecular formula is C14H15BrN2O2S. The van der Waals surface area contributed by atoms with Crippen LogP contribution >= 0.6 is 28.1 Å². The molecule has 6 heteroatoms. The van der Waals surface area contributed by atoms with E-state index in [-0.39, 0.29) is 10.6 Å². The van der Waals surface area contributed by atoms with Gasteiger partial charge in [-0.2, -0.15) is 5.26 Å². The van der Waals surface area contributed by atoms with Gasteiger partial charge in [0.05, 0.1) is 23.3 Å². The lowest BCUT2D eigenvalue weighted by molar-refractivity contribution is 0.286. The van der Waals surface area contributed by atoms with Gasteiger partial charge in [-0.3, -0.25) is 0 Å². The summed E-state index contributed by atoms with van der Waals surface area (Å²) in [5.41, 5.74) is 6.49. The summed E-state index contributed by atoms with van der Waals surface area (Å²) in [6.45, 7) is 4.84.